The van der Waals surface area contributed by atoms with Crippen LogP contribution in [0.5, 0.6) is 0 Å². The molecule has 0 aromatic carbocycles. The molecule has 0 radical (unpaired) electrons. The van der Waals surface area contributed by atoms with Crippen molar-refractivity contribution in [2.75, 3.05) is 47.5 Å². The van der Waals surface area contributed by atoms with E-state index in [2.05, 4.69) is 38.2 Å². The van der Waals surface area contributed by atoms with Gasteiger partial charge in [-0.25, -0.2) is 4.79 Å². The van der Waals surface area contributed by atoms with Gasteiger partial charge in [0.15, 0.2) is 6.10 Å². The minimum absolute atomic E-state index is 0.176. The second-order valence-corrected chi connectivity index (χ2v) is 22.7. The number of hydrogen-bond acceptors (Lipinski definition) is 7. The van der Waals surface area contributed by atoms with Gasteiger partial charge in [-0.1, -0.05) is 276 Å². The summed E-state index contributed by atoms with van der Waals surface area (Å²) in [5.74, 6) is -1.99. The third kappa shape index (κ3) is 57.3. The van der Waals surface area contributed by atoms with Crippen LogP contribution in [0.15, 0.2) is 24.3 Å². The zero-order chi connectivity index (χ0) is 53.4. The molecule has 0 aliphatic heterocycles. The molecule has 0 fully saturated rings. The predicted molar refractivity (Wildman–Crippen MR) is 309 cm³/mol. The lowest BCUT2D eigenvalue weighted by Gasteiger charge is -2.25. The number of carboxylic acid groups (broad SMARTS) is 1. The third-order valence-corrected chi connectivity index (χ3v) is 14.2. The van der Waals surface area contributed by atoms with Gasteiger partial charge in [-0.15, -0.1) is 0 Å². The van der Waals surface area contributed by atoms with E-state index >= 15 is 0 Å². The molecule has 0 saturated heterocycles. The van der Waals surface area contributed by atoms with Gasteiger partial charge in [0.1, 0.15) is 13.2 Å². The lowest BCUT2D eigenvalue weighted by atomic mass is 10.0. The van der Waals surface area contributed by atoms with Gasteiger partial charge in [0.2, 0.25) is 0 Å². The number of ether oxygens (including phenoxy) is 4. The Hall–Kier alpha value is -2.23. The van der Waals surface area contributed by atoms with Crippen LogP contribution >= 0.6 is 0 Å². The average molecular weight is 1030 g/mol. The highest BCUT2D eigenvalue weighted by molar-refractivity contribution is 5.71. The van der Waals surface area contributed by atoms with Gasteiger partial charge in [-0.05, 0) is 44.9 Å². The molecule has 9 heteroatoms. The van der Waals surface area contributed by atoms with Crippen molar-refractivity contribution in [2.24, 2.45) is 0 Å². The number of unbranched alkanes of at least 4 members (excludes halogenated alkanes) is 40. The van der Waals surface area contributed by atoms with Crippen LogP contribution in [0.1, 0.15) is 309 Å². The summed E-state index contributed by atoms with van der Waals surface area (Å²) in [4.78, 5) is 37.1. The molecule has 0 aromatic heterocycles. The third-order valence-electron chi connectivity index (χ3n) is 14.2. The molecule has 0 aromatic rings. The topological polar surface area (TPSA) is 108 Å². The Morgan fingerprint density at radius 2 is 0.740 bits per heavy atom. The molecule has 0 saturated carbocycles. The molecule has 1 N–H and O–H groups in total. The first kappa shape index (κ1) is 70.8. The van der Waals surface area contributed by atoms with Gasteiger partial charge in [0.05, 0.1) is 34.4 Å². The van der Waals surface area contributed by atoms with Gasteiger partial charge >= 0.3 is 17.9 Å². The van der Waals surface area contributed by atoms with Crippen LogP contribution in [0.4, 0.5) is 0 Å². The zero-order valence-electron chi connectivity index (χ0n) is 49.1. The Morgan fingerprint density at radius 1 is 0.411 bits per heavy atom. The fraction of sp³-hybridized carbons (Fsp3) is 0.891. The molecule has 0 rings (SSSR count). The van der Waals surface area contributed by atoms with Crippen molar-refractivity contribution in [3.63, 3.8) is 0 Å². The van der Waals surface area contributed by atoms with E-state index in [0.29, 0.717) is 17.4 Å². The molecule has 0 bridgehead atoms. The summed E-state index contributed by atoms with van der Waals surface area (Å²) >= 11 is 0. The molecule has 0 heterocycles. The van der Waals surface area contributed by atoms with Crippen LogP contribution in [-0.4, -0.2) is 87.4 Å². The number of likely N-dealkylation sites (N-methyl/N-ethyl adjacent to an activating group) is 1. The molecule has 2 atom stereocenters. The molecule has 73 heavy (non-hydrogen) atoms. The summed E-state index contributed by atoms with van der Waals surface area (Å²) in [6, 6.07) is 0. The van der Waals surface area contributed by atoms with Crippen molar-refractivity contribution in [3.05, 3.63) is 24.3 Å². The van der Waals surface area contributed by atoms with Gasteiger partial charge in [-0.3, -0.25) is 9.59 Å². The molecule has 9 nitrogen and oxygen atoms in total. The molecule has 0 spiro atoms. The van der Waals surface area contributed by atoms with Crippen LogP contribution in [-0.2, 0) is 33.3 Å². The van der Waals surface area contributed by atoms with Crippen LogP contribution in [0.3, 0.4) is 0 Å². The van der Waals surface area contributed by atoms with E-state index < -0.39 is 18.4 Å². The summed E-state index contributed by atoms with van der Waals surface area (Å²) in [6.07, 6.45) is 64.9. The Bertz CT molecular complexity index is 1250. The molecule has 0 aliphatic rings. The highest BCUT2D eigenvalue weighted by atomic mass is 16.7. The zero-order valence-corrected chi connectivity index (χ0v) is 49.1. The molecule has 0 amide bonds. The number of nitrogens with zero attached hydrogens (tertiary/aromatic N) is 1. The normalized spacial score (nSPS) is 12.8. The predicted octanol–water partition coefficient (Wildman–Crippen LogP) is 18.7. The quantitative estimate of drug-likeness (QED) is 0.0211. The van der Waals surface area contributed by atoms with Crippen LogP contribution in [0, 0.1) is 0 Å². The largest absolute Gasteiger partial charge is 0.477 e. The number of carboxylic acids is 1. The first-order chi connectivity index (χ1) is 35.6. The summed E-state index contributed by atoms with van der Waals surface area (Å²) in [5.41, 5.74) is 0. The fourth-order valence-electron chi connectivity index (χ4n) is 9.34. The SMILES string of the molecule is CCCCCCC/C=C\C/C=C\CCCCCCCCCCCCCCCCCCCCCCCCCCCCCCCC(=O)OC(COC(=O)CCCCCCCCC)COC(OCC[N+](C)(C)C)C(=O)O. The van der Waals surface area contributed by atoms with E-state index in [1.165, 1.54) is 238 Å². The number of hydrogen-bond donors (Lipinski definition) is 1. The van der Waals surface area contributed by atoms with Crippen LogP contribution in [0.25, 0.3) is 0 Å². The minimum atomic E-state index is -1.50. The van der Waals surface area contributed by atoms with Crippen molar-refractivity contribution in [1.29, 1.82) is 0 Å². The molecular weight excluding hydrogens is 911 g/mol. The number of allylic oxidation sites excluding steroid dienone is 4. The summed E-state index contributed by atoms with van der Waals surface area (Å²) < 4.78 is 22.7. The van der Waals surface area contributed by atoms with Crippen LogP contribution in [0.2, 0.25) is 0 Å². The van der Waals surface area contributed by atoms with E-state index in [1.54, 1.807) is 0 Å². The van der Waals surface area contributed by atoms with Gasteiger partial charge in [0, 0.05) is 12.8 Å². The molecule has 430 valence electrons. The van der Waals surface area contributed by atoms with E-state index in [0.717, 1.165) is 44.9 Å². The summed E-state index contributed by atoms with van der Waals surface area (Å²) in [5, 5.41) is 9.65. The highest BCUT2D eigenvalue weighted by Gasteiger charge is 2.25. The maximum atomic E-state index is 12.8. The molecular formula is C64H122NO8+. The van der Waals surface area contributed by atoms with Gasteiger partial charge in [0.25, 0.3) is 6.29 Å². The number of carbonyl (C=O) groups excluding carboxylic acids is 2. The standard InChI is InChI=1S/C64H121NO8/c1-6-8-10-12-14-15-16-17-18-19-20-21-22-23-24-25-26-27-28-29-30-31-32-33-34-35-36-37-38-39-40-41-42-43-44-45-46-47-49-51-53-55-62(67)73-60(58-71-61(66)54-52-50-48-13-11-9-7-2)59-72-64(63(68)69)70-57-56-65(3,4)5/h16-17,19-20,60,64H,6-15,18,21-59H2,1-5H3/p+1/b17-16-,20-19-. The Labute approximate surface area is 452 Å². The molecule has 0 aliphatic carbocycles. The second-order valence-electron chi connectivity index (χ2n) is 22.7. The number of rotatable bonds is 59. The lowest BCUT2D eigenvalue weighted by molar-refractivity contribution is -0.870. The van der Waals surface area contributed by atoms with Crippen LogP contribution < -0.4 is 0 Å². The van der Waals surface area contributed by atoms with Crippen molar-refractivity contribution in [2.45, 2.75) is 322 Å². The number of esters is 2. The highest BCUT2D eigenvalue weighted by Crippen LogP contribution is 2.18. The Balaban J connectivity index is 3.76. The van der Waals surface area contributed by atoms with Gasteiger partial charge < -0.3 is 28.5 Å². The van der Waals surface area contributed by atoms with E-state index in [9.17, 15) is 19.5 Å². The van der Waals surface area contributed by atoms with Crippen molar-refractivity contribution in [3.8, 4) is 0 Å². The Kier molecular flexibility index (Phi) is 54.3. The summed E-state index contributed by atoms with van der Waals surface area (Å²) in [7, 11) is 5.97. The number of aliphatic carboxylic acids is 1. The van der Waals surface area contributed by atoms with Crippen molar-refractivity contribution in [1.82, 2.24) is 0 Å². The van der Waals surface area contributed by atoms with E-state index in [4.69, 9.17) is 18.9 Å². The second kappa shape index (κ2) is 56.0. The van der Waals surface area contributed by atoms with Crippen molar-refractivity contribution < 1.29 is 42.9 Å². The minimum Gasteiger partial charge on any atom is -0.477 e. The monoisotopic (exact) mass is 1030 g/mol. The fourth-order valence-corrected chi connectivity index (χ4v) is 9.34. The molecule has 2 unspecified atom stereocenters. The van der Waals surface area contributed by atoms with Gasteiger partial charge in [-0.2, -0.15) is 0 Å². The van der Waals surface area contributed by atoms with Crippen molar-refractivity contribution >= 4 is 17.9 Å². The average Bonchev–Trinajstić information content (AvgIpc) is 3.36. The number of quaternary nitrogens is 1. The van der Waals surface area contributed by atoms with E-state index in [1.807, 2.05) is 21.1 Å². The smallest absolute Gasteiger partial charge is 0.361 e. The Morgan fingerprint density at radius 3 is 1.08 bits per heavy atom. The first-order valence-electron chi connectivity index (χ1n) is 31.5. The number of carbonyl (C=O) groups is 3. The maximum absolute atomic E-state index is 12.8. The summed E-state index contributed by atoms with van der Waals surface area (Å²) in [6.45, 7) is 4.85. The maximum Gasteiger partial charge on any atom is 0.361 e. The lowest BCUT2D eigenvalue weighted by Crippen LogP contribution is -2.40. The first-order valence-corrected chi connectivity index (χ1v) is 31.5. The van der Waals surface area contributed by atoms with E-state index in [-0.39, 0.29) is 38.2 Å².